The molecule has 0 aromatic carbocycles. The number of hydrogen-bond donors (Lipinski definition) is 0. The highest BCUT2D eigenvalue weighted by Gasteiger charge is 2.41. The van der Waals surface area contributed by atoms with Crippen LogP contribution in [0.1, 0.15) is 44.9 Å². The molecule has 114 valence electrons. The quantitative estimate of drug-likeness (QED) is 0.705. The van der Waals surface area contributed by atoms with E-state index in [0.29, 0.717) is 38.4 Å². The molecule has 2 aliphatic heterocycles. The molecule has 0 aromatic heterocycles. The molecule has 5 heteroatoms. The van der Waals surface area contributed by atoms with Crippen molar-refractivity contribution in [2.45, 2.75) is 56.7 Å². The first-order valence-electron chi connectivity index (χ1n) is 7.99. The van der Waals surface area contributed by atoms with Gasteiger partial charge in [-0.25, -0.2) is 0 Å². The fourth-order valence-electron chi connectivity index (χ4n) is 3.27. The van der Waals surface area contributed by atoms with Gasteiger partial charge in [-0.05, 0) is 18.8 Å². The van der Waals surface area contributed by atoms with Crippen molar-refractivity contribution in [2.75, 3.05) is 19.8 Å². The molecular weight excluding hydrogens is 266 g/mol. The predicted molar refractivity (Wildman–Crippen MR) is 78.5 cm³/mol. The molecule has 0 aromatic rings. The van der Waals surface area contributed by atoms with E-state index < -0.39 is 0 Å². The number of hydrogen-bond acceptors (Lipinski definition) is 4. The summed E-state index contributed by atoms with van der Waals surface area (Å²) in [7, 11) is 0. The van der Waals surface area contributed by atoms with E-state index in [4.69, 9.17) is 11.2 Å². The van der Waals surface area contributed by atoms with E-state index in [2.05, 4.69) is 16.1 Å². The van der Waals surface area contributed by atoms with Gasteiger partial charge in [0, 0.05) is 32.2 Å². The minimum absolute atomic E-state index is 0.229. The second-order valence-electron chi connectivity index (χ2n) is 6.31. The summed E-state index contributed by atoms with van der Waals surface area (Å²) in [5, 5.41) is 8.21. The van der Waals surface area contributed by atoms with E-state index in [1.54, 1.807) is 0 Å². The summed E-state index contributed by atoms with van der Waals surface area (Å²) in [6, 6.07) is 0.287. The smallest absolute Gasteiger partial charge is 0.223 e. The number of ether oxygens (including phenoxy) is 1. The maximum absolute atomic E-state index is 12.5. The first-order valence-corrected chi connectivity index (χ1v) is 7.99. The fraction of sp³-hybridized carbons (Fsp3) is 0.812. The summed E-state index contributed by atoms with van der Waals surface area (Å²) in [4.78, 5) is 14.6. The Hall–Kier alpha value is -1.41. The Labute approximate surface area is 126 Å². The van der Waals surface area contributed by atoms with Gasteiger partial charge < -0.3 is 9.64 Å². The number of morpholine rings is 1. The molecule has 1 aliphatic carbocycles. The molecule has 1 saturated carbocycles. The van der Waals surface area contributed by atoms with E-state index in [-0.39, 0.29) is 17.6 Å². The second-order valence-corrected chi connectivity index (χ2v) is 6.31. The van der Waals surface area contributed by atoms with Crippen molar-refractivity contribution in [1.29, 1.82) is 0 Å². The molecule has 3 aliphatic rings. The Balaban J connectivity index is 1.50. The van der Waals surface area contributed by atoms with Crippen molar-refractivity contribution in [3.8, 4) is 12.3 Å². The second kappa shape index (κ2) is 6.15. The molecule has 2 fully saturated rings. The minimum atomic E-state index is -0.347. The molecule has 1 unspecified atom stereocenters. The van der Waals surface area contributed by atoms with Crippen LogP contribution in [-0.4, -0.2) is 42.3 Å². The summed E-state index contributed by atoms with van der Waals surface area (Å²) in [6.07, 6.45) is 11.7. The summed E-state index contributed by atoms with van der Waals surface area (Å²) in [5.74, 6) is 3.49. The van der Waals surface area contributed by atoms with Gasteiger partial charge in [0.1, 0.15) is 0 Å². The fourth-order valence-corrected chi connectivity index (χ4v) is 3.27. The number of carbonyl (C=O) groups is 1. The molecule has 0 bridgehead atoms. The average molecular weight is 289 g/mol. The lowest BCUT2D eigenvalue weighted by Gasteiger charge is -2.43. The topological polar surface area (TPSA) is 54.3 Å². The number of nitrogens with zero attached hydrogens (tertiary/aromatic N) is 3. The van der Waals surface area contributed by atoms with Crippen LogP contribution in [0.3, 0.4) is 0 Å². The van der Waals surface area contributed by atoms with Crippen molar-refractivity contribution >= 4 is 5.91 Å². The van der Waals surface area contributed by atoms with E-state index in [1.165, 1.54) is 19.3 Å². The molecule has 0 N–H and O–H groups in total. The molecular formula is C16H23N3O2. The molecule has 5 nitrogen and oxygen atoms in total. The van der Waals surface area contributed by atoms with Crippen molar-refractivity contribution < 1.29 is 9.53 Å². The van der Waals surface area contributed by atoms with Gasteiger partial charge in [-0.2, -0.15) is 10.2 Å². The SMILES string of the molecule is C#CCCC1(CCC(=O)N2CCOCC2C2CCC2)N=N1. The minimum Gasteiger partial charge on any atom is -0.377 e. The van der Waals surface area contributed by atoms with Gasteiger partial charge in [-0.15, -0.1) is 12.3 Å². The number of carbonyl (C=O) groups excluding carboxylic acids is 1. The Morgan fingerprint density at radius 1 is 1.38 bits per heavy atom. The molecule has 0 radical (unpaired) electrons. The Morgan fingerprint density at radius 2 is 2.19 bits per heavy atom. The molecule has 0 spiro atoms. The zero-order valence-corrected chi connectivity index (χ0v) is 12.5. The van der Waals surface area contributed by atoms with Crippen LogP contribution in [0.5, 0.6) is 0 Å². The standard InChI is InChI=1S/C16H23N3O2/c1-2-3-8-16(17-18-16)9-7-15(20)19-10-11-21-12-14(19)13-5-4-6-13/h1,13-14H,3-12H2. The molecule has 21 heavy (non-hydrogen) atoms. The van der Waals surface area contributed by atoms with Crippen molar-refractivity contribution in [1.82, 2.24) is 4.90 Å². The van der Waals surface area contributed by atoms with Crippen LogP contribution in [0.15, 0.2) is 10.2 Å². The van der Waals surface area contributed by atoms with Gasteiger partial charge in [0.15, 0.2) is 5.66 Å². The average Bonchev–Trinajstić information content (AvgIpc) is 3.22. The first-order chi connectivity index (χ1) is 10.2. The third-order valence-corrected chi connectivity index (χ3v) is 4.97. The van der Waals surface area contributed by atoms with Crippen LogP contribution in [0.25, 0.3) is 0 Å². The van der Waals surface area contributed by atoms with Gasteiger partial charge in [0.05, 0.1) is 19.3 Å². The summed E-state index contributed by atoms with van der Waals surface area (Å²) in [5.41, 5.74) is -0.347. The largest absolute Gasteiger partial charge is 0.377 e. The third-order valence-electron chi connectivity index (χ3n) is 4.97. The van der Waals surface area contributed by atoms with E-state index in [9.17, 15) is 4.79 Å². The van der Waals surface area contributed by atoms with Crippen LogP contribution < -0.4 is 0 Å². The Kier molecular flexibility index (Phi) is 4.25. The highest BCUT2D eigenvalue weighted by molar-refractivity contribution is 5.76. The van der Waals surface area contributed by atoms with Gasteiger partial charge in [0.25, 0.3) is 0 Å². The summed E-state index contributed by atoms with van der Waals surface area (Å²) < 4.78 is 5.58. The van der Waals surface area contributed by atoms with Crippen LogP contribution in [0.2, 0.25) is 0 Å². The van der Waals surface area contributed by atoms with Crippen LogP contribution in [-0.2, 0) is 9.53 Å². The van der Waals surface area contributed by atoms with Crippen molar-refractivity contribution in [3.05, 3.63) is 0 Å². The number of amides is 1. The Bertz CT molecular complexity index is 459. The van der Waals surface area contributed by atoms with Crippen LogP contribution >= 0.6 is 0 Å². The maximum atomic E-state index is 12.5. The lowest BCUT2D eigenvalue weighted by molar-refractivity contribution is -0.144. The molecule has 1 amide bonds. The van der Waals surface area contributed by atoms with Gasteiger partial charge >= 0.3 is 0 Å². The monoisotopic (exact) mass is 289 g/mol. The zero-order valence-electron chi connectivity index (χ0n) is 12.5. The van der Waals surface area contributed by atoms with Gasteiger partial charge in [0.2, 0.25) is 5.91 Å². The van der Waals surface area contributed by atoms with Crippen LogP contribution in [0, 0.1) is 18.3 Å². The lowest BCUT2D eigenvalue weighted by atomic mass is 9.79. The molecule has 1 saturated heterocycles. The normalized spacial score (nSPS) is 27.0. The third kappa shape index (κ3) is 3.26. The number of rotatable bonds is 6. The van der Waals surface area contributed by atoms with Crippen molar-refractivity contribution in [3.63, 3.8) is 0 Å². The first kappa shape index (κ1) is 14.5. The van der Waals surface area contributed by atoms with E-state index in [1.807, 2.05) is 4.90 Å². The van der Waals surface area contributed by atoms with E-state index >= 15 is 0 Å². The van der Waals surface area contributed by atoms with Gasteiger partial charge in [-0.3, -0.25) is 4.79 Å². The highest BCUT2D eigenvalue weighted by atomic mass is 16.5. The molecule has 1 atom stereocenters. The Morgan fingerprint density at radius 3 is 2.81 bits per heavy atom. The predicted octanol–water partition coefficient (Wildman–Crippen LogP) is 2.37. The summed E-state index contributed by atoms with van der Waals surface area (Å²) in [6.45, 7) is 2.09. The lowest BCUT2D eigenvalue weighted by Crippen LogP contribution is -2.53. The van der Waals surface area contributed by atoms with Crippen LogP contribution in [0.4, 0.5) is 0 Å². The van der Waals surface area contributed by atoms with E-state index in [0.717, 1.165) is 13.0 Å². The molecule has 2 heterocycles. The maximum Gasteiger partial charge on any atom is 0.223 e. The van der Waals surface area contributed by atoms with Gasteiger partial charge in [-0.1, -0.05) is 6.42 Å². The summed E-state index contributed by atoms with van der Waals surface area (Å²) >= 11 is 0. The van der Waals surface area contributed by atoms with Crippen molar-refractivity contribution in [2.24, 2.45) is 16.1 Å². The molecule has 3 rings (SSSR count). The number of terminal acetylenes is 1. The zero-order chi connectivity index (χ0) is 14.7. The highest BCUT2D eigenvalue weighted by Crippen LogP contribution is 2.38.